The lowest BCUT2D eigenvalue weighted by atomic mass is 9.87. The maximum absolute atomic E-state index is 13.1. The van der Waals surface area contributed by atoms with Crippen LogP contribution in [0, 0.1) is 5.92 Å². The molecule has 168 valence electrons. The van der Waals surface area contributed by atoms with Gasteiger partial charge in [-0.3, -0.25) is 4.79 Å². The number of aromatic nitrogens is 2. The fraction of sp³-hybridized carbons (Fsp3) is 0.600. The Balaban J connectivity index is 1.32. The molecule has 0 N–H and O–H groups in total. The van der Waals surface area contributed by atoms with Crippen molar-refractivity contribution in [2.45, 2.75) is 77.1 Å². The van der Waals surface area contributed by atoms with Crippen LogP contribution in [-0.4, -0.2) is 46.2 Å². The lowest BCUT2D eigenvalue weighted by molar-refractivity contribution is -0.159. The highest BCUT2D eigenvalue weighted by Gasteiger charge is 2.34. The van der Waals surface area contributed by atoms with Gasteiger partial charge in [0.15, 0.2) is 0 Å². The molecule has 1 aliphatic carbocycles. The highest BCUT2D eigenvalue weighted by atomic mass is 16.5. The molecule has 1 aliphatic heterocycles. The van der Waals surface area contributed by atoms with Crippen molar-refractivity contribution in [2.75, 3.05) is 13.7 Å². The molecule has 0 bridgehead atoms. The third kappa shape index (κ3) is 5.67. The Labute approximate surface area is 185 Å². The molecule has 1 aromatic carbocycles. The van der Waals surface area contributed by atoms with Gasteiger partial charge < -0.3 is 18.9 Å². The van der Waals surface area contributed by atoms with E-state index < -0.39 is 6.10 Å². The molecule has 1 aromatic heterocycles. The summed E-state index contributed by atoms with van der Waals surface area (Å²) in [5.74, 6) is 1.73. The Morgan fingerprint density at radius 3 is 2.68 bits per heavy atom. The third-order valence-electron chi connectivity index (χ3n) is 6.74. The third-order valence-corrected chi connectivity index (χ3v) is 6.74. The van der Waals surface area contributed by atoms with Crippen molar-refractivity contribution in [3.63, 3.8) is 0 Å². The van der Waals surface area contributed by atoms with Crippen molar-refractivity contribution < 1.29 is 14.3 Å². The van der Waals surface area contributed by atoms with Crippen molar-refractivity contribution >= 4 is 5.91 Å². The van der Waals surface area contributed by atoms with Gasteiger partial charge in [-0.05, 0) is 37.0 Å². The number of hydrogen-bond acceptors (Lipinski definition) is 4. The number of aryl methyl sites for hydroxylation is 1. The number of morpholine rings is 1. The summed E-state index contributed by atoms with van der Waals surface area (Å²) < 4.78 is 13.3. The van der Waals surface area contributed by atoms with Gasteiger partial charge in [-0.1, -0.05) is 44.2 Å². The molecule has 2 aromatic rings. The van der Waals surface area contributed by atoms with Crippen molar-refractivity contribution in [3.8, 4) is 5.75 Å². The van der Waals surface area contributed by atoms with E-state index in [0.717, 1.165) is 29.5 Å². The molecule has 0 spiro atoms. The Bertz CT molecular complexity index is 842. The van der Waals surface area contributed by atoms with Crippen LogP contribution in [0.2, 0.25) is 0 Å². The van der Waals surface area contributed by atoms with Gasteiger partial charge in [-0.15, -0.1) is 0 Å². The monoisotopic (exact) mass is 425 g/mol. The van der Waals surface area contributed by atoms with Crippen molar-refractivity contribution in [2.24, 2.45) is 5.92 Å². The Kier molecular flexibility index (Phi) is 7.28. The van der Waals surface area contributed by atoms with Gasteiger partial charge in [-0.25, -0.2) is 4.98 Å². The Hall–Kier alpha value is -2.34. The van der Waals surface area contributed by atoms with Crippen LogP contribution in [0.4, 0.5) is 0 Å². The van der Waals surface area contributed by atoms with Crippen molar-refractivity contribution in [3.05, 3.63) is 48.0 Å². The van der Waals surface area contributed by atoms with E-state index in [9.17, 15) is 4.79 Å². The predicted molar refractivity (Wildman–Crippen MR) is 120 cm³/mol. The molecule has 4 rings (SSSR count). The van der Waals surface area contributed by atoms with Gasteiger partial charge in [0.2, 0.25) is 0 Å². The summed E-state index contributed by atoms with van der Waals surface area (Å²) in [6.07, 6.45) is 12.2. The minimum atomic E-state index is -0.462. The molecule has 6 heteroatoms. The van der Waals surface area contributed by atoms with E-state index in [0.29, 0.717) is 19.6 Å². The zero-order valence-corrected chi connectivity index (χ0v) is 18.8. The molecular formula is C25H35N3O3. The number of rotatable bonds is 8. The molecule has 1 saturated heterocycles. The average molecular weight is 426 g/mol. The largest absolute Gasteiger partial charge is 0.497 e. The normalized spacial score (nSPS) is 22.6. The van der Waals surface area contributed by atoms with Crippen LogP contribution in [0.5, 0.6) is 5.75 Å². The first kappa shape index (κ1) is 21.9. The molecule has 0 radical (unpaired) electrons. The lowest BCUT2D eigenvalue weighted by Crippen LogP contribution is -2.52. The van der Waals surface area contributed by atoms with E-state index in [1.54, 1.807) is 7.11 Å². The second-order valence-corrected chi connectivity index (χ2v) is 9.08. The number of methoxy groups -OCH3 is 1. The Morgan fingerprint density at radius 1 is 1.16 bits per heavy atom. The van der Waals surface area contributed by atoms with Crippen LogP contribution in [0.3, 0.4) is 0 Å². The molecule has 31 heavy (non-hydrogen) atoms. The van der Waals surface area contributed by atoms with Crippen LogP contribution in [-0.2, 0) is 29.0 Å². The number of carbonyl (C=O) groups excluding carboxylic acids is 1. The van der Waals surface area contributed by atoms with Gasteiger partial charge in [-0.2, -0.15) is 0 Å². The van der Waals surface area contributed by atoms with E-state index in [1.165, 1.54) is 38.5 Å². The minimum absolute atomic E-state index is 0.0475. The van der Waals surface area contributed by atoms with Gasteiger partial charge in [0.25, 0.3) is 5.91 Å². The lowest BCUT2D eigenvalue weighted by Gasteiger charge is -2.37. The fourth-order valence-corrected chi connectivity index (χ4v) is 4.76. The average Bonchev–Trinajstić information content (AvgIpc) is 3.26. The topological polar surface area (TPSA) is 56.6 Å². The highest BCUT2D eigenvalue weighted by Crippen LogP contribution is 2.27. The fourth-order valence-electron chi connectivity index (χ4n) is 4.76. The van der Waals surface area contributed by atoms with E-state index in [-0.39, 0.29) is 11.9 Å². The van der Waals surface area contributed by atoms with Crippen LogP contribution in [0.1, 0.15) is 56.7 Å². The molecule has 2 unspecified atom stereocenters. The summed E-state index contributed by atoms with van der Waals surface area (Å²) in [6, 6.07) is 7.94. The second-order valence-electron chi connectivity index (χ2n) is 9.08. The van der Waals surface area contributed by atoms with Crippen molar-refractivity contribution in [1.29, 1.82) is 0 Å². The SMILES string of the molecule is COc1ccc(CN2C(=O)C(Cc3cn(CCC4CCCCC4)cn3)OCC2C)cc1. The van der Waals surface area contributed by atoms with E-state index in [1.807, 2.05) is 42.4 Å². The minimum Gasteiger partial charge on any atom is -0.497 e. The number of benzene rings is 1. The molecule has 2 atom stereocenters. The van der Waals surface area contributed by atoms with E-state index in [2.05, 4.69) is 15.7 Å². The summed E-state index contributed by atoms with van der Waals surface area (Å²) >= 11 is 0. The summed E-state index contributed by atoms with van der Waals surface area (Å²) in [5.41, 5.74) is 2.02. The molecule has 2 heterocycles. The van der Waals surface area contributed by atoms with Crippen LogP contribution >= 0.6 is 0 Å². The molecule has 1 amide bonds. The maximum Gasteiger partial charge on any atom is 0.252 e. The van der Waals surface area contributed by atoms with Crippen molar-refractivity contribution in [1.82, 2.24) is 14.5 Å². The van der Waals surface area contributed by atoms with Crippen LogP contribution in [0.25, 0.3) is 0 Å². The molecular weight excluding hydrogens is 390 g/mol. The molecule has 2 fully saturated rings. The standard InChI is InChI=1S/C25H35N3O3/c1-19-17-31-24(25(29)28(19)15-21-8-10-23(30-2)11-9-21)14-22-16-27(18-26-22)13-12-20-6-4-3-5-7-20/h8-11,16,18-20,24H,3-7,12-15,17H2,1-2H3. The van der Waals surface area contributed by atoms with Gasteiger partial charge in [0.1, 0.15) is 11.9 Å². The van der Waals surface area contributed by atoms with E-state index in [4.69, 9.17) is 9.47 Å². The predicted octanol–water partition coefficient (Wildman–Crippen LogP) is 4.22. The van der Waals surface area contributed by atoms with Gasteiger partial charge in [0.05, 0.1) is 31.8 Å². The maximum atomic E-state index is 13.1. The number of carbonyl (C=O) groups is 1. The summed E-state index contributed by atoms with van der Waals surface area (Å²) in [5, 5.41) is 0. The van der Waals surface area contributed by atoms with Gasteiger partial charge >= 0.3 is 0 Å². The second kappa shape index (κ2) is 10.3. The quantitative estimate of drug-likeness (QED) is 0.635. The number of hydrogen-bond donors (Lipinski definition) is 0. The first-order chi connectivity index (χ1) is 15.1. The number of nitrogens with zero attached hydrogens (tertiary/aromatic N) is 3. The zero-order valence-electron chi connectivity index (χ0n) is 18.8. The first-order valence-electron chi connectivity index (χ1n) is 11.7. The molecule has 6 nitrogen and oxygen atoms in total. The smallest absolute Gasteiger partial charge is 0.252 e. The highest BCUT2D eigenvalue weighted by molar-refractivity contribution is 5.82. The molecule has 2 aliphatic rings. The summed E-state index contributed by atoms with van der Waals surface area (Å²) in [4.78, 5) is 19.6. The molecule has 1 saturated carbocycles. The van der Waals surface area contributed by atoms with Gasteiger partial charge in [0, 0.05) is 25.7 Å². The number of ether oxygens (including phenoxy) is 2. The number of imidazole rings is 1. The first-order valence-corrected chi connectivity index (χ1v) is 11.7. The zero-order chi connectivity index (χ0) is 21.6. The van der Waals surface area contributed by atoms with Crippen LogP contribution < -0.4 is 4.74 Å². The summed E-state index contributed by atoms with van der Waals surface area (Å²) in [6.45, 7) is 4.18. The number of amides is 1. The van der Waals surface area contributed by atoms with Crippen LogP contribution in [0.15, 0.2) is 36.8 Å². The summed E-state index contributed by atoms with van der Waals surface area (Å²) in [7, 11) is 1.66. The Morgan fingerprint density at radius 2 is 1.94 bits per heavy atom. The van der Waals surface area contributed by atoms with E-state index >= 15 is 0 Å².